The summed E-state index contributed by atoms with van der Waals surface area (Å²) < 4.78 is 26.5. The lowest BCUT2D eigenvalue weighted by Gasteiger charge is -2.16. The molecule has 1 unspecified atom stereocenters. The van der Waals surface area contributed by atoms with Crippen LogP contribution >= 0.6 is 0 Å². The predicted octanol–water partition coefficient (Wildman–Crippen LogP) is 3.36. The molecule has 1 aliphatic rings. The fourth-order valence-electron chi connectivity index (χ4n) is 2.71. The van der Waals surface area contributed by atoms with Crippen molar-refractivity contribution in [3.05, 3.63) is 59.2 Å². The third-order valence-electron chi connectivity index (χ3n) is 3.78. The minimum Gasteiger partial charge on any atom is -0.395 e. The lowest BCUT2D eigenvalue weighted by molar-refractivity contribution is 0.248. The van der Waals surface area contributed by atoms with Crippen molar-refractivity contribution >= 4 is 17.4 Å². The first kappa shape index (κ1) is 14.3. The van der Waals surface area contributed by atoms with Crippen LogP contribution in [0.2, 0.25) is 0 Å². The highest BCUT2D eigenvalue weighted by atomic mass is 19.1. The number of carbonyl (C=O) groups excluding carboxylic acids is 1. The molecular formula is C16H15F2N3O. The zero-order chi connectivity index (χ0) is 15.7. The molecule has 0 saturated carbocycles. The minimum atomic E-state index is -0.901. The molecule has 0 saturated heterocycles. The van der Waals surface area contributed by atoms with E-state index in [1.54, 1.807) is 0 Å². The number of urea groups is 1. The van der Waals surface area contributed by atoms with E-state index in [1.165, 1.54) is 5.56 Å². The van der Waals surface area contributed by atoms with Gasteiger partial charge < -0.3 is 16.4 Å². The first-order valence-electron chi connectivity index (χ1n) is 6.94. The van der Waals surface area contributed by atoms with Crippen LogP contribution in [-0.4, -0.2) is 6.03 Å². The molecule has 0 aliphatic heterocycles. The van der Waals surface area contributed by atoms with E-state index in [0.717, 1.165) is 24.5 Å². The van der Waals surface area contributed by atoms with Gasteiger partial charge in [0.25, 0.3) is 0 Å². The van der Waals surface area contributed by atoms with Gasteiger partial charge >= 0.3 is 6.03 Å². The Morgan fingerprint density at radius 2 is 2.00 bits per heavy atom. The molecule has 3 rings (SSSR count). The van der Waals surface area contributed by atoms with Crippen molar-refractivity contribution in [2.75, 3.05) is 11.1 Å². The van der Waals surface area contributed by atoms with E-state index in [9.17, 15) is 13.6 Å². The molecule has 6 heteroatoms. The largest absolute Gasteiger partial charge is 0.395 e. The van der Waals surface area contributed by atoms with Gasteiger partial charge in [0, 0.05) is 6.07 Å². The molecule has 22 heavy (non-hydrogen) atoms. The van der Waals surface area contributed by atoms with E-state index in [2.05, 4.69) is 10.6 Å². The van der Waals surface area contributed by atoms with E-state index >= 15 is 0 Å². The summed E-state index contributed by atoms with van der Waals surface area (Å²) in [5.41, 5.74) is 7.39. The molecule has 0 fully saturated rings. The first-order valence-corrected chi connectivity index (χ1v) is 6.94. The SMILES string of the molecule is Nc1c(F)cc(F)cc1NC(=O)NC1CCc2ccccc21. The number of rotatable bonds is 2. The number of nitrogens with one attached hydrogen (secondary N) is 2. The Hall–Kier alpha value is -2.63. The zero-order valence-corrected chi connectivity index (χ0v) is 11.7. The second-order valence-corrected chi connectivity index (χ2v) is 5.24. The summed E-state index contributed by atoms with van der Waals surface area (Å²) >= 11 is 0. The van der Waals surface area contributed by atoms with Crippen LogP contribution in [0.15, 0.2) is 36.4 Å². The standard InChI is InChI=1S/C16H15F2N3O/c17-10-7-12(18)15(19)14(8-10)21-16(22)20-13-6-5-9-3-1-2-4-11(9)13/h1-4,7-8,13H,5-6,19H2,(H2,20,21,22). The van der Waals surface area contributed by atoms with Crippen molar-refractivity contribution in [2.45, 2.75) is 18.9 Å². The maximum absolute atomic E-state index is 13.4. The summed E-state index contributed by atoms with van der Waals surface area (Å²) in [6.07, 6.45) is 1.68. The molecule has 1 atom stereocenters. The van der Waals surface area contributed by atoms with Gasteiger partial charge in [-0.1, -0.05) is 24.3 Å². The van der Waals surface area contributed by atoms with Crippen LogP contribution in [0.5, 0.6) is 0 Å². The van der Waals surface area contributed by atoms with Crippen LogP contribution in [0.1, 0.15) is 23.6 Å². The molecule has 4 nitrogen and oxygen atoms in total. The number of aryl methyl sites for hydroxylation is 1. The molecule has 0 bridgehead atoms. The summed E-state index contributed by atoms with van der Waals surface area (Å²) in [6.45, 7) is 0. The summed E-state index contributed by atoms with van der Waals surface area (Å²) in [4.78, 5) is 12.0. The molecular weight excluding hydrogens is 288 g/mol. The Labute approximate surface area is 126 Å². The lowest BCUT2D eigenvalue weighted by atomic mass is 10.1. The number of halogens is 2. The molecule has 0 aromatic heterocycles. The number of benzene rings is 2. The molecule has 0 radical (unpaired) electrons. The van der Waals surface area contributed by atoms with E-state index in [1.807, 2.05) is 24.3 Å². The van der Waals surface area contributed by atoms with Crippen LogP contribution in [0.25, 0.3) is 0 Å². The highest BCUT2D eigenvalue weighted by Gasteiger charge is 2.23. The maximum atomic E-state index is 13.4. The number of fused-ring (bicyclic) bond motifs is 1. The van der Waals surface area contributed by atoms with Crippen molar-refractivity contribution in [2.24, 2.45) is 0 Å². The molecule has 2 aromatic carbocycles. The topological polar surface area (TPSA) is 67.1 Å². The zero-order valence-electron chi connectivity index (χ0n) is 11.7. The van der Waals surface area contributed by atoms with Gasteiger partial charge in [0.05, 0.1) is 17.4 Å². The number of hydrogen-bond donors (Lipinski definition) is 3. The van der Waals surface area contributed by atoms with Gasteiger partial charge in [-0.2, -0.15) is 0 Å². The van der Waals surface area contributed by atoms with Crippen LogP contribution in [0.3, 0.4) is 0 Å². The Balaban J connectivity index is 1.72. The average Bonchev–Trinajstić information content (AvgIpc) is 2.87. The fraction of sp³-hybridized carbons (Fsp3) is 0.188. The predicted molar refractivity (Wildman–Crippen MR) is 80.4 cm³/mol. The normalized spacial score (nSPS) is 16.2. The van der Waals surface area contributed by atoms with Gasteiger partial charge in [0.1, 0.15) is 5.82 Å². The molecule has 4 N–H and O–H groups in total. The number of amides is 2. The van der Waals surface area contributed by atoms with E-state index in [4.69, 9.17) is 5.73 Å². The van der Waals surface area contributed by atoms with E-state index in [0.29, 0.717) is 6.07 Å². The number of nitrogens with two attached hydrogens (primary N) is 1. The van der Waals surface area contributed by atoms with Gasteiger partial charge in [-0.15, -0.1) is 0 Å². The Morgan fingerprint density at radius 1 is 1.23 bits per heavy atom. The highest BCUT2D eigenvalue weighted by molar-refractivity contribution is 5.93. The van der Waals surface area contributed by atoms with E-state index in [-0.39, 0.29) is 17.4 Å². The first-order chi connectivity index (χ1) is 10.5. The van der Waals surface area contributed by atoms with Crippen LogP contribution in [0.4, 0.5) is 25.0 Å². The second kappa shape index (κ2) is 5.63. The molecule has 0 heterocycles. The third-order valence-corrected chi connectivity index (χ3v) is 3.78. The monoisotopic (exact) mass is 303 g/mol. The van der Waals surface area contributed by atoms with Crippen molar-refractivity contribution in [3.8, 4) is 0 Å². The molecule has 0 spiro atoms. The number of anilines is 2. The van der Waals surface area contributed by atoms with Gasteiger partial charge in [0.15, 0.2) is 5.82 Å². The lowest BCUT2D eigenvalue weighted by Crippen LogP contribution is -2.31. The summed E-state index contributed by atoms with van der Waals surface area (Å²) in [5, 5.41) is 5.19. The Bertz CT molecular complexity index is 733. The molecule has 2 aromatic rings. The smallest absolute Gasteiger partial charge is 0.319 e. The van der Waals surface area contributed by atoms with E-state index < -0.39 is 17.7 Å². The van der Waals surface area contributed by atoms with Gasteiger partial charge in [-0.25, -0.2) is 13.6 Å². The molecule has 2 amide bonds. The third kappa shape index (κ3) is 2.72. The highest BCUT2D eigenvalue weighted by Crippen LogP contribution is 2.31. The van der Waals surface area contributed by atoms with Crippen molar-refractivity contribution in [1.82, 2.24) is 5.32 Å². The van der Waals surface area contributed by atoms with Crippen molar-refractivity contribution < 1.29 is 13.6 Å². The average molecular weight is 303 g/mol. The minimum absolute atomic E-state index is 0.0821. The number of carbonyl (C=O) groups is 1. The number of nitrogen functional groups attached to an aromatic ring is 1. The summed E-state index contributed by atoms with van der Waals surface area (Å²) in [7, 11) is 0. The van der Waals surface area contributed by atoms with Crippen LogP contribution in [-0.2, 0) is 6.42 Å². The quantitative estimate of drug-likeness (QED) is 0.745. The van der Waals surface area contributed by atoms with Crippen molar-refractivity contribution in [1.29, 1.82) is 0 Å². The molecule has 114 valence electrons. The maximum Gasteiger partial charge on any atom is 0.319 e. The summed E-state index contributed by atoms with van der Waals surface area (Å²) in [5.74, 6) is -1.70. The van der Waals surface area contributed by atoms with Crippen LogP contribution < -0.4 is 16.4 Å². The second-order valence-electron chi connectivity index (χ2n) is 5.24. The Morgan fingerprint density at radius 3 is 2.82 bits per heavy atom. The van der Waals surface area contributed by atoms with Crippen molar-refractivity contribution in [3.63, 3.8) is 0 Å². The Kier molecular flexibility index (Phi) is 3.66. The van der Waals surface area contributed by atoms with Crippen LogP contribution in [0, 0.1) is 11.6 Å². The van der Waals surface area contributed by atoms with Gasteiger partial charge in [-0.05, 0) is 30.0 Å². The summed E-state index contributed by atoms with van der Waals surface area (Å²) in [6, 6.07) is 8.85. The van der Waals surface area contributed by atoms with Gasteiger partial charge in [-0.3, -0.25) is 0 Å². The van der Waals surface area contributed by atoms with Gasteiger partial charge in [0.2, 0.25) is 0 Å². The number of hydrogen-bond acceptors (Lipinski definition) is 2. The fourth-order valence-corrected chi connectivity index (χ4v) is 2.71. The molecule has 1 aliphatic carbocycles.